The number of carbonyl (C=O) groups excluding carboxylic acids is 20. The van der Waals surface area contributed by atoms with Gasteiger partial charge in [0.1, 0.15) is 24.2 Å². The number of imide groups is 1. The molecule has 2 bridgehead atoms. The van der Waals surface area contributed by atoms with Gasteiger partial charge in [0, 0.05) is 147 Å². The van der Waals surface area contributed by atoms with E-state index in [9.17, 15) is 63.3 Å². The number of aliphatic hydroxyl groups is 3. The van der Waals surface area contributed by atoms with Gasteiger partial charge >= 0.3 is 30.8 Å². The van der Waals surface area contributed by atoms with Crippen molar-refractivity contribution >= 4 is 153 Å². The number of anilines is 5. The number of aromatic nitrogens is 4. The zero-order valence-corrected chi connectivity index (χ0v) is 81.6. The summed E-state index contributed by atoms with van der Waals surface area (Å²) in [5.41, 5.74) is 14.0. The number of likely N-dealkylation sites (N-methyl/N-ethyl adjacent to an activating group) is 1. The Morgan fingerprint density at radius 2 is 1.44 bits per heavy atom. The van der Waals surface area contributed by atoms with Gasteiger partial charge in [-0.2, -0.15) is 58.0 Å². The Hall–Kier alpha value is -14.7. The van der Waals surface area contributed by atoms with Crippen molar-refractivity contribution < 1.29 is 121 Å². The molecule has 768 valence electrons. The molecular weight excluding hydrogens is 1890 g/mol. The van der Waals surface area contributed by atoms with Gasteiger partial charge in [-0.15, -0.1) is 11.8 Å². The monoisotopic (exact) mass is 2010 g/mol. The van der Waals surface area contributed by atoms with Crippen LogP contribution in [0.2, 0.25) is 0 Å². The molecular formula is C98H119N19O26S. The van der Waals surface area contributed by atoms with Crippen molar-refractivity contribution in [1.82, 2.24) is 56.4 Å². The third-order valence-electron chi connectivity index (χ3n) is 28.1. The van der Waals surface area contributed by atoms with E-state index >= 15 is 4.79 Å². The van der Waals surface area contributed by atoms with Crippen molar-refractivity contribution in [3.63, 3.8) is 0 Å². The van der Waals surface area contributed by atoms with E-state index in [2.05, 4.69) is 96.4 Å². The molecule has 4 unspecified atom stereocenters. The summed E-state index contributed by atoms with van der Waals surface area (Å²) >= 11 is 1.24. The molecule has 1 spiro atoms. The molecule has 4 aromatic carbocycles. The summed E-state index contributed by atoms with van der Waals surface area (Å²) in [6, 6.07) is 21.9. The number of piperidine rings is 1. The second-order valence-electron chi connectivity index (χ2n) is 36.7. The van der Waals surface area contributed by atoms with E-state index in [1.165, 1.54) is 31.8 Å². The molecule has 6 amide bonds. The second kappa shape index (κ2) is 51.3. The number of hydrogen-bond acceptors (Lipinski definition) is 38. The van der Waals surface area contributed by atoms with Gasteiger partial charge in [0.05, 0.1) is 71.3 Å². The summed E-state index contributed by atoms with van der Waals surface area (Å²) in [6.07, 6.45) is 8.90. The first kappa shape index (κ1) is 113. The van der Waals surface area contributed by atoms with Crippen LogP contribution >= 0.6 is 11.8 Å². The molecule has 7 aliphatic heterocycles. The van der Waals surface area contributed by atoms with Crippen LogP contribution in [0.25, 0.3) is 11.2 Å². The van der Waals surface area contributed by atoms with Gasteiger partial charge in [0.25, 0.3) is 23.8 Å². The SMILES string of the molecule is CC[C@]1(O)C[C@H]2CN(CCC3c4ccccc4NC3[C@@](COC=O)(c3cc4c(cc3OC)N(C)[C@H]3[C@](O)(C(=O)N/N=C(/C)c5ccc(N6C(=O)CC(SCCCC(=O)[C@H](C)NC(=O)[C@H](C)CC(=O)[C@H](CCCNC(=N)N)NC(=O)[C@H](C)CC(=O)CCCNC(=O)c7ccc(NCc8cnc9nc(N)[nH]c(=O)c9n8)cc7)C6=O)cc5)[C@H](O)[C@]5(CC)C=CCN6CC[C@]43[C@@H]65)C2)C1.O=C=O.O=C=O.O=C=O.O=C=O.O=C=O. The molecule has 9 heterocycles. The minimum Gasteiger partial charge on any atom is -0.496 e. The van der Waals surface area contributed by atoms with E-state index < -0.39 is 116 Å². The number of hydrogen-bond donors (Lipinski definition) is 14. The van der Waals surface area contributed by atoms with E-state index in [0.717, 1.165) is 46.8 Å². The van der Waals surface area contributed by atoms with E-state index in [4.69, 9.17) is 74.3 Å². The minimum atomic E-state index is -2.52. The predicted octanol–water partition coefficient (Wildman–Crippen LogP) is 2.35. The Bertz CT molecular complexity index is 5930. The van der Waals surface area contributed by atoms with Crippen molar-refractivity contribution in [2.75, 3.05) is 98.5 Å². The van der Waals surface area contributed by atoms with Crippen molar-refractivity contribution in [3.8, 4) is 5.75 Å². The Morgan fingerprint density at radius 3 is 2.10 bits per heavy atom. The number of nitrogens with zero attached hydrogens (tertiary/aromatic N) is 8. The highest BCUT2D eigenvalue weighted by atomic mass is 32.2. The molecule has 1 aliphatic carbocycles. The van der Waals surface area contributed by atoms with Crippen LogP contribution in [0.3, 0.4) is 0 Å². The van der Waals surface area contributed by atoms with Gasteiger partial charge in [-0.3, -0.25) is 68.0 Å². The highest BCUT2D eigenvalue weighted by Gasteiger charge is 2.79. The van der Waals surface area contributed by atoms with Crippen molar-refractivity contribution in [2.45, 2.75) is 214 Å². The maximum atomic E-state index is 15.7. The van der Waals surface area contributed by atoms with Crippen LogP contribution in [-0.2, 0) is 113 Å². The number of para-hydroxylation sites is 1. The summed E-state index contributed by atoms with van der Waals surface area (Å²) in [5.74, 6) is -5.66. The fraction of sp³-hybridized carbons (Fsp3) is 0.500. The molecule has 2 aromatic heterocycles. The maximum absolute atomic E-state index is 15.7. The van der Waals surface area contributed by atoms with E-state index in [0.29, 0.717) is 129 Å². The number of nitrogens with one attached hydrogen (secondary N) is 9. The Balaban J connectivity index is 0.00000145. The molecule has 0 radical (unpaired) electrons. The number of carbonyl (C=O) groups is 10. The lowest BCUT2D eigenvalue weighted by atomic mass is 9.47. The molecule has 17 atom stereocenters. The fourth-order valence-corrected chi connectivity index (χ4v) is 22.8. The van der Waals surface area contributed by atoms with Gasteiger partial charge in [0.15, 0.2) is 34.3 Å². The highest BCUT2D eigenvalue weighted by molar-refractivity contribution is 8.00. The first-order chi connectivity index (χ1) is 68.8. The third-order valence-corrected chi connectivity index (χ3v) is 29.4. The molecule has 8 aliphatic rings. The van der Waals surface area contributed by atoms with Crippen molar-refractivity contribution in [3.05, 3.63) is 147 Å². The average molecular weight is 2010 g/mol. The summed E-state index contributed by atoms with van der Waals surface area (Å²) in [5, 5.41) is 68.9. The predicted molar refractivity (Wildman–Crippen MR) is 512 cm³/mol. The quantitative estimate of drug-likeness (QED) is 0.00503. The Kier molecular flexibility index (Phi) is 40.3. The number of fused-ring (bicyclic) bond motifs is 7. The number of aliphatic hydroxyl groups excluding tert-OH is 1. The van der Waals surface area contributed by atoms with Crippen molar-refractivity contribution in [2.24, 2.45) is 34.0 Å². The van der Waals surface area contributed by atoms with E-state index in [-0.39, 0.29) is 154 Å². The molecule has 1 saturated carbocycles. The molecule has 144 heavy (non-hydrogen) atoms. The molecule has 4 saturated heterocycles. The number of guanidine groups is 1. The number of ether oxygens (including phenoxy) is 2. The van der Waals surface area contributed by atoms with E-state index in [1.807, 2.05) is 50.1 Å². The number of ketones is 3. The number of H-pyrrole nitrogens is 1. The molecule has 6 aromatic rings. The normalized spacial score (nSPS) is 24.4. The minimum absolute atomic E-state index is 0.0119. The van der Waals surface area contributed by atoms with Gasteiger partial charge in [0.2, 0.25) is 29.6 Å². The smallest absolute Gasteiger partial charge is 0.373 e. The Morgan fingerprint density at radius 1 is 0.785 bits per heavy atom. The third kappa shape index (κ3) is 25.5. The molecule has 14 rings (SSSR count). The van der Waals surface area contributed by atoms with Crippen LogP contribution in [-0.4, -0.2) is 272 Å². The number of aromatic amines is 1. The number of methoxy groups -OCH3 is 1. The largest absolute Gasteiger partial charge is 0.496 e. The second-order valence-corrected chi connectivity index (χ2v) is 38.0. The number of thioether (sulfide) groups is 1. The summed E-state index contributed by atoms with van der Waals surface area (Å²) < 4.78 is 12.7. The maximum Gasteiger partial charge on any atom is 0.373 e. The number of benzene rings is 4. The summed E-state index contributed by atoms with van der Waals surface area (Å²) in [6.45, 7) is 14.6. The van der Waals surface area contributed by atoms with Gasteiger partial charge < -0.3 is 78.0 Å². The highest BCUT2D eigenvalue weighted by Crippen LogP contribution is 2.68. The number of nitrogens with two attached hydrogens (primary N) is 2. The zero-order chi connectivity index (χ0) is 106. The van der Waals surface area contributed by atoms with Crippen LogP contribution in [0.15, 0.2) is 113 Å². The summed E-state index contributed by atoms with van der Waals surface area (Å²) in [4.78, 5) is 253. The fourth-order valence-electron chi connectivity index (χ4n) is 21.7. The molecule has 45 nitrogen and oxygen atoms in total. The van der Waals surface area contributed by atoms with Crippen LogP contribution in [0.5, 0.6) is 5.75 Å². The van der Waals surface area contributed by atoms with E-state index in [1.54, 1.807) is 69.5 Å². The molecule has 16 N–H and O–H groups in total. The van der Waals surface area contributed by atoms with Crippen LogP contribution in [0.1, 0.15) is 182 Å². The number of hydrazone groups is 1. The first-order valence-electron chi connectivity index (χ1n) is 46.7. The number of nitrogen functional groups attached to an aromatic ring is 1. The Labute approximate surface area is 831 Å². The van der Waals surface area contributed by atoms with Crippen LogP contribution < -0.4 is 68.9 Å². The standard InChI is InChI=1S/C93H119N19O16S.5CO2/c1-9-89(125)44-56-45-91(50-128-51-113,76-64(30-36-110(48-56)49-89)63-18-11-12-19-67(63)103-76)66-41-65-69(42-72(66)127-8)109(7)84-92(65)32-37-111-35-16-31-90(10-2,83(92)111)85(123)93(84,126)86(124)108-107-54(5)57-24-28-61(29-25-57)112-74(117)43-73(82(112)122)129-38-15-21-70(115)55(6)101-78(118)53(4)40-71(116)68(20-14-34-98-87(94)95)104-79(119)52(3)39-62(114)17-13-33-97-80(120)58-22-26-59(27-23-58)99-46-60-47-100-77-75(102-60)81(121)106-88(96)105-77;5*2-1-3/h11-12,16,18-19,22-29,31,41-42,47,51-53,55-56,64,68,73,76,83-85,99,103,123,125-126H,9-10,13-15,17,20-21,30,32-40,43-46,48-50H2,1-8H3,(H,97,120)(H,101,118)(H,104,119)(H,108,124)(H4,94,95,98)(H3,96,100,105,106,121);;;;;/b107-54-;;;;;/t52-,53-,55+,56-,64?,68+,73?,76?,83+,84-,85-,89+,90-,91+,92-,93-;;;;;/m1...../s1. The molecule has 46 heteroatoms. The van der Waals surface area contributed by atoms with Gasteiger partial charge in [-0.05, 0) is 168 Å². The van der Waals surface area contributed by atoms with Crippen LogP contribution in [0.4, 0.5) is 28.7 Å². The first-order valence-corrected chi connectivity index (χ1v) is 47.8. The van der Waals surface area contributed by atoms with Gasteiger partial charge in [-0.1, -0.05) is 70.2 Å². The lowest BCUT2D eigenvalue weighted by Gasteiger charge is -2.63. The zero-order valence-electron chi connectivity index (χ0n) is 80.8. The lowest BCUT2D eigenvalue weighted by Crippen LogP contribution is -2.81. The number of amides is 6. The van der Waals surface area contributed by atoms with Crippen molar-refractivity contribution in [1.29, 1.82) is 5.41 Å². The topological polar surface area (TPSA) is 678 Å². The summed E-state index contributed by atoms with van der Waals surface area (Å²) in [7, 11) is 3.48. The number of rotatable bonds is 38. The average Bonchev–Trinajstić information content (AvgIpc) is 1.48. The van der Waals surface area contributed by atoms with Gasteiger partial charge in [-0.25, -0.2) is 20.3 Å². The molecule has 5 fully saturated rings. The van der Waals surface area contributed by atoms with Crippen LogP contribution in [0, 0.1) is 28.6 Å². The number of Topliss-reactive ketones (excluding diaryl/α,β-unsaturated/α-hetero) is 3. The lowest BCUT2D eigenvalue weighted by molar-refractivity contribution is -0.203.